The highest BCUT2D eigenvalue weighted by Crippen LogP contribution is 2.43. The van der Waals surface area contributed by atoms with E-state index < -0.39 is 17.7 Å². The van der Waals surface area contributed by atoms with Gasteiger partial charge in [0.1, 0.15) is 29.1 Å². The van der Waals surface area contributed by atoms with E-state index in [4.69, 9.17) is 9.15 Å². The number of amides is 1. The van der Waals surface area contributed by atoms with Crippen LogP contribution in [0.25, 0.3) is 5.76 Å². The van der Waals surface area contributed by atoms with Crippen LogP contribution >= 0.6 is 0 Å². The van der Waals surface area contributed by atoms with Gasteiger partial charge in [-0.05, 0) is 92.8 Å². The monoisotopic (exact) mass is 514 g/mol. The van der Waals surface area contributed by atoms with E-state index in [9.17, 15) is 14.7 Å². The van der Waals surface area contributed by atoms with Gasteiger partial charge in [0.25, 0.3) is 11.7 Å². The number of benzene rings is 2. The maximum atomic E-state index is 13.4. The Kier molecular flexibility index (Phi) is 7.27. The van der Waals surface area contributed by atoms with Gasteiger partial charge in [0.05, 0.1) is 12.2 Å². The average molecular weight is 515 g/mol. The highest BCUT2D eigenvalue weighted by Gasteiger charge is 2.48. The van der Waals surface area contributed by atoms with Crippen molar-refractivity contribution < 1.29 is 23.8 Å². The van der Waals surface area contributed by atoms with Gasteiger partial charge in [-0.3, -0.25) is 14.5 Å². The first kappa shape index (κ1) is 25.6. The summed E-state index contributed by atoms with van der Waals surface area (Å²) in [4.78, 5) is 30.5. The number of aryl methyl sites for hydroxylation is 1. The van der Waals surface area contributed by atoms with Crippen molar-refractivity contribution in [2.24, 2.45) is 5.92 Å². The molecule has 0 spiro atoms. The quantitative estimate of drug-likeness (QED) is 0.228. The summed E-state index contributed by atoms with van der Waals surface area (Å²) in [6.45, 7) is 8.53. The average Bonchev–Trinajstić information content (AvgIpc) is 3.48. The molecular formula is C31H34N2O5. The van der Waals surface area contributed by atoms with E-state index in [1.165, 1.54) is 24.2 Å². The van der Waals surface area contributed by atoms with Gasteiger partial charge in [0, 0.05) is 30.0 Å². The minimum atomic E-state index is -0.888. The van der Waals surface area contributed by atoms with Crippen LogP contribution in [-0.2, 0) is 9.59 Å². The molecule has 38 heavy (non-hydrogen) atoms. The van der Waals surface area contributed by atoms with Crippen molar-refractivity contribution in [3.63, 3.8) is 0 Å². The largest absolute Gasteiger partial charge is 0.507 e. The normalized spacial score (nSPS) is 19.4. The standard InChI is InChI=1S/C31H34N2O5/c1-20(2)19-37-25-14-8-22(9-15-25)29(34)27-28(26-16-7-21(3)38-26)33(31(36)30(27)35)24-12-10-23(11-13-24)32-17-5-4-6-18-32/h7-16,20,28,34H,4-6,17-19H2,1-3H3/b29-27-. The lowest BCUT2D eigenvalue weighted by Gasteiger charge is -2.29. The van der Waals surface area contributed by atoms with Crippen LogP contribution in [0.1, 0.15) is 56.2 Å². The van der Waals surface area contributed by atoms with Crippen LogP contribution in [0.3, 0.4) is 0 Å². The number of aliphatic hydroxyl groups excluding tert-OH is 1. The van der Waals surface area contributed by atoms with Crippen LogP contribution in [0.4, 0.5) is 11.4 Å². The molecule has 5 rings (SSSR count). The zero-order valence-corrected chi connectivity index (χ0v) is 22.1. The molecule has 2 saturated heterocycles. The zero-order chi connectivity index (χ0) is 26.8. The molecule has 1 N–H and O–H groups in total. The third-order valence-electron chi connectivity index (χ3n) is 7.04. The van der Waals surface area contributed by atoms with E-state index in [0.717, 1.165) is 18.8 Å². The third-order valence-corrected chi connectivity index (χ3v) is 7.04. The van der Waals surface area contributed by atoms with Gasteiger partial charge in [0.2, 0.25) is 0 Å². The summed E-state index contributed by atoms with van der Waals surface area (Å²) >= 11 is 0. The first-order valence-electron chi connectivity index (χ1n) is 13.3. The number of ketones is 1. The van der Waals surface area contributed by atoms with Crippen LogP contribution in [0, 0.1) is 12.8 Å². The molecule has 2 fully saturated rings. The Morgan fingerprint density at radius 3 is 2.21 bits per heavy atom. The second kappa shape index (κ2) is 10.8. The topological polar surface area (TPSA) is 83.2 Å². The van der Waals surface area contributed by atoms with E-state index in [1.807, 2.05) is 24.3 Å². The fourth-order valence-electron chi connectivity index (χ4n) is 5.07. The van der Waals surface area contributed by atoms with Crippen LogP contribution in [0.2, 0.25) is 0 Å². The van der Waals surface area contributed by atoms with Crippen LogP contribution in [0.15, 0.2) is 70.7 Å². The molecule has 2 aliphatic rings. The molecule has 0 radical (unpaired) electrons. The summed E-state index contributed by atoms with van der Waals surface area (Å²) in [5.41, 5.74) is 2.09. The lowest BCUT2D eigenvalue weighted by Crippen LogP contribution is -2.30. The Labute approximate surface area is 223 Å². The van der Waals surface area contributed by atoms with Crippen molar-refractivity contribution in [1.82, 2.24) is 0 Å². The summed E-state index contributed by atoms with van der Waals surface area (Å²) in [7, 11) is 0. The highest BCUT2D eigenvalue weighted by molar-refractivity contribution is 6.51. The van der Waals surface area contributed by atoms with Gasteiger partial charge >= 0.3 is 0 Å². The van der Waals surface area contributed by atoms with Crippen molar-refractivity contribution in [2.75, 3.05) is 29.5 Å². The van der Waals surface area contributed by atoms with Crippen molar-refractivity contribution >= 4 is 28.8 Å². The molecule has 3 heterocycles. The summed E-state index contributed by atoms with van der Waals surface area (Å²) in [5, 5.41) is 11.3. The van der Waals surface area contributed by atoms with Crippen LogP contribution < -0.4 is 14.5 Å². The number of rotatable bonds is 7. The number of aliphatic hydroxyl groups is 1. The summed E-state index contributed by atoms with van der Waals surface area (Å²) in [6.07, 6.45) is 3.58. The molecule has 1 unspecified atom stereocenters. The van der Waals surface area contributed by atoms with Crippen LogP contribution in [0.5, 0.6) is 5.75 Å². The Hall–Kier alpha value is -4.00. The number of Topliss-reactive ketones (excluding diaryl/α,β-unsaturated/α-hetero) is 1. The minimum absolute atomic E-state index is 0.000283. The molecule has 0 bridgehead atoms. The lowest BCUT2D eigenvalue weighted by atomic mass is 9.99. The smallest absolute Gasteiger partial charge is 0.300 e. The first-order valence-corrected chi connectivity index (χ1v) is 13.3. The van der Waals surface area contributed by atoms with Gasteiger partial charge in [-0.25, -0.2) is 0 Å². The molecule has 1 atom stereocenters. The number of carbonyl (C=O) groups is 2. The van der Waals surface area contributed by atoms with Crippen molar-refractivity contribution in [3.8, 4) is 5.75 Å². The maximum absolute atomic E-state index is 13.4. The number of piperidine rings is 1. The Balaban J connectivity index is 1.52. The Bertz CT molecular complexity index is 1330. The van der Waals surface area contributed by atoms with Gasteiger partial charge < -0.3 is 19.2 Å². The van der Waals surface area contributed by atoms with E-state index in [0.29, 0.717) is 41.0 Å². The lowest BCUT2D eigenvalue weighted by molar-refractivity contribution is -0.132. The molecule has 0 saturated carbocycles. The fraction of sp³-hybridized carbons (Fsp3) is 0.355. The molecule has 198 valence electrons. The Morgan fingerprint density at radius 1 is 0.947 bits per heavy atom. The predicted molar refractivity (Wildman–Crippen MR) is 148 cm³/mol. The Morgan fingerprint density at radius 2 is 1.61 bits per heavy atom. The number of nitrogens with zero attached hydrogens (tertiary/aromatic N) is 2. The molecule has 0 aliphatic carbocycles. The molecule has 3 aromatic rings. The van der Waals surface area contributed by atoms with Crippen molar-refractivity contribution in [1.29, 1.82) is 0 Å². The van der Waals surface area contributed by atoms with Gasteiger partial charge in [-0.2, -0.15) is 0 Å². The molecule has 2 aliphatic heterocycles. The first-order chi connectivity index (χ1) is 18.3. The summed E-state index contributed by atoms with van der Waals surface area (Å²) in [5.74, 6) is 0.422. The fourth-order valence-corrected chi connectivity index (χ4v) is 5.07. The minimum Gasteiger partial charge on any atom is -0.507 e. The number of hydrogen-bond acceptors (Lipinski definition) is 6. The number of carbonyl (C=O) groups excluding carboxylic acids is 2. The van der Waals surface area contributed by atoms with Gasteiger partial charge in [-0.15, -0.1) is 0 Å². The molecule has 7 heteroatoms. The summed E-state index contributed by atoms with van der Waals surface area (Å²) in [6, 6.07) is 17.2. The molecule has 1 aromatic heterocycles. The summed E-state index contributed by atoms with van der Waals surface area (Å²) < 4.78 is 11.6. The van der Waals surface area contributed by atoms with E-state index in [-0.39, 0.29) is 11.3 Å². The number of ether oxygens (including phenoxy) is 1. The van der Waals surface area contributed by atoms with Gasteiger partial charge in [-0.1, -0.05) is 13.8 Å². The van der Waals surface area contributed by atoms with E-state index >= 15 is 0 Å². The molecule has 2 aromatic carbocycles. The van der Waals surface area contributed by atoms with Crippen LogP contribution in [-0.4, -0.2) is 36.5 Å². The van der Waals surface area contributed by atoms with Gasteiger partial charge in [0.15, 0.2) is 0 Å². The molecule has 1 amide bonds. The predicted octanol–water partition coefficient (Wildman–Crippen LogP) is 6.24. The second-order valence-corrected chi connectivity index (χ2v) is 10.4. The highest BCUT2D eigenvalue weighted by atomic mass is 16.5. The number of anilines is 2. The molecular weight excluding hydrogens is 480 g/mol. The third kappa shape index (κ3) is 5.05. The van der Waals surface area contributed by atoms with Crippen molar-refractivity contribution in [2.45, 2.75) is 46.1 Å². The zero-order valence-electron chi connectivity index (χ0n) is 22.1. The maximum Gasteiger partial charge on any atom is 0.300 e. The molecule has 7 nitrogen and oxygen atoms in total. The second-order valence-electron chi connectivity index (χ2n) is 10.4. The number of hydrogen-bond donors (Lipinski definition) is 1. The number of furan rings is 1. The van der Waals surface area contributed by atoms with E-state index in [2.05, 4.69) is 18.7 Å². The van der Waals surface area contributed by atoms with Crippen molar-refractivity contribution in [3.05, 3.63) is 83.3 Å². The SMILES string of the molecule is Cc1ccc(C2/C(=C(/O)c3ccc(OCC(C)C)cc3)C(=O)C(=O)N2c2ccc(N3CCCCC3)cc2)o1. The van der Waals surface area contributed by atoms with E-state index in [1.54, 1.807) is 43.3 Å².